The van der Waals surface area contributed by atoms with Gasteiger partial charge in [-0.1, -0.05) is 20.8 Å². The van der Waals surface area contributed by atoms with Crippen molar-refractivity contribution in [1.29, 1.82) is 0 Å². The van der Waals surface area contributed by atoms with Crippen LogP contribution < -0.4 is 4.74 Å². The van der Waals surface area contributed by atoms with Crippen molar-refractivity contribution in [2.75, 3.05) is 13.7 Å². The van der Waals surface area contributed by atoms with Crippen LogP contribution in [0.4, 0.5) is 0 Å². The van der Waals surface area contributed by atoms with E-state index >= 15 is 0 Å². The van der Waals surface area contributed by atoms with E-state index in [4.69, 9.17) is 9.47 Å². The van der Waals surface area contributed by atoms with Gasteiger partial charge in [-0.3, -0.25) is 0 Å². The zero-order chi connectivity index (χ0) is 11.1. The summed E-state index contributed by atoms with van der Waals surface area (Å²) in [4.78, 5) is 0. The standard InChI is InChI=1S/C11H18N2O2/c1-11(2,3)9-5-12-13-6-8(14-4)7-15-10(9)13/h5,8H,6-7H2,1-4H3. The van der Waals surface area contributed by atoms with Crippen molar-refractivity contribution in [3.05, 3.63) is 11.8 Å². The lowest BCUT2D eigenvalue weighted by atomic mass is 9.89. The topological polar surface area (TPSA) is 36.3 Å². The molecule has 0 spiro atoms. The number of fused-ring (bicyclic) bond motifs is 1. The second-order valence-electron chi connectivity index (χ2n) is 4.96. The molecule has 1 aromatic rings. The molecule has 1 aliphatic rings. The third-order valence-electron chi connectivity index (χ3n) is 2.71. The summed E-state index contributed by atoms with van der Waals surface area (Å²) in [7, 11) is 1.70. The molecule has 0 saturated carbocycles. The smallest absolute Gasteiger partial charge is 0.215 e. The molecule has 0 amide bonds. The van der Waals surface area contributed by atoms with Crippen LogP contribution in [0.25, 0.3) is 0 Å². The zero-order valence-electron chi connectivity index (χ0n) is 9.78. The molecule has 0 saturated heterocycles. The van der Waals surface area contributed by atoms with Crippen LogP contribution >= 0.6 is 0 Å². The number of rotatable bonds is 1. The third-order valence-corrected chi connectivity index (χ3v) is 2.71. The second kappa shape index (κ2) is 3.52. The minimum atomic E-state index is 0.0769. The van der Waals surface area contributed by atoms with Gasteiger partial charge in [0.2, 0.25) is 5.88 Å². The lowest BCUT2D eigenvalue weighted by molar-refractivity contribution is 0.0171. The first-order chi connectivity index (χ1) is 7.02. The zero-order valence-corrected chi connectivity index (χ0v) is 9.78. The maximum absolute atomic E-state index is 5.70. The molecule has 1 atom stereocenters. The fourth-order valence-electron chi connectivity index (χ4n) is 1.73. The number of aromatic nitrogens is 2. The minimum Gasteiger partial charge on any atom is -0.475 e. The maximum Gasteiger partial charge on any atom is 0.215 e. The molecule has 0 aromatic carbocycles. The molecule has 0 bridgehead atoms. The summed E-state index contributed by atoms with van der Waals surface area (Å²) in [5.41, 5.74) is 1.24. The fraction of sp³-hybridized carbons (Fsp3) is 0.727. The molecule has 2 heterocycles. The van der Waals surface area contributed by atoms with Crippen molar-refractivity contribution in [2.24, 2.45) is 0 Å². The molecule has 0 aliphatic carbocycles. The molecule has 1 aliphatic heterocycles. The van der Waals surface area contributed by atoms with Crippen LogP contribution in [0.2, 0.25) is 0 Å². The summed E-state index contributed by atoms with van der Waals surface area (Å²) in [5.74, 6) is 0.899. The van der Waals surface area contributed by atoms with E-state index in [9.17, 15) is 0 Å². The highest BCUT2D eigenvalue weighted by Gasteiger charge is 2.28. The van der Waals surface area contributed by atoms with Gasteiger partial charge in [-0.25, -0.2) is 4.68 Å². The molecule has 0 radical (unpaired) electrons. The van der Waals surface area contributed by atoms with Crippen LogP contribution in [-0.2, 0) is 16.7 Å². The fourth-order valence-corrected chi connectivity index (χ4v) is 1.73. The van der Waals surface area contributed by atoms with E-state index in [-0.39, 0.29) is 11.5 Å². The third kappa shape index (κ3) is 1.86. The van der Waals surface area contributed by atoms with Gasteiger partial charge in [0.05, 0.1) is 12.7 Å². The molecule has 4 nitrogen and oxygen atoms in total. The molecule has 1 unspecified atom stereocenters. The Kier molecular flexibility index (Phi) is 2.46. The number of hydrogen-bond acceptors (Lipinski definition) is 3. The highest BCUT2D eigenvalue weighted by atomic mass is 16.5. The van der Waals surface area contributed by atoms with E-state index < -0.39 is 0 Å². The molecule has 84 valence electrons. The SMILES string of the molecule is COC1COc2c(C(C)(C)C)cnn2C1. The molecule has 2 rings (SSSR count). The Bertz CT molecular complexity index is 352. The van der Waals surface area contributed by atoms with Gasteiger partial charge in [-0.2, -0.15) is 5.10 Å². The van der Waals surface area contributed by atoms with Crippen LogP contribution in [0.1, 0.15) is 26.3 Å². The van der Waals surface area contributed by atoms with Crippen molar-refractivity contribution in [1.82, 2.24) is 9.78 Å². The van der Waals surface area contributed by atoms with Crippen LogP contribution in [-0.4, -0.2) is 29.6 Å². The Morgan fingerprint density at radius 3 is 2.87 bits per heavy atom. The lowest BCUT2D eigenvalue weighted by Gasteiger charge is -2.26. The van der Waals surface area contributed by atoms with Crippen LogP contribution in [0.3, 0.4) is 0 Å². The van der Waals surface area contributed by atoms with Gasteiger partial charge in [-0.15, -0.1) is 0 Å². The van der Waals surface area contributed by atoms with Gasteiger partial charge in [0, 0.05) is 12.7 Å². The van der Waals surface area contributed by atoms with Crippen molar-refractivity contribution in [3.63, 3.8) is 0 Å². The molecule has 15 heavy (non-hydrogen) atoms. The number of hydrogen-bond donors (Lipinski definition) is 0. The van der Waals surface area contributed by atoms with E-state index in [0.29, 0.717) is 6.61 Å². The van der Waals surface area contributed by atoms with Crippen molar-refractivity contribution < 1.29 is 9.47 Å². The first kappa shape index (κ1) is 10.5. The molecule has 1 aromatic heterocycles. The van der Waals surface area contributed by atoms with E-state index in [1.807, 2.05) is 10.9 Å². The predicted molar refractivity (Wildman–Crippen MR) is 57.2 cm³/mol. The average Bonchev–Trinajstić information content (AvgIpc) is 2.59. The number of methoxy groups -OCH3 is 1. The Morgan fingerprint density at radius 1 is 1.53 bits per heavy atom. The van der Waals surface area contributed by atoms with Crippen LogP contribution in [0.5, 0.6) is 5.88 Å². The Hall–Kier alpha value is -1.03. The first-order valence-electron chi connectivity index (χ1n) is 5.24. The van der Waals surface area contributed by atoms with Gasteiger partial charge in [0.15, 0.2) is 0 Å². The Balaban J connectivity index is 2.30. The summed E-state index contributed by atoms with van der Waals surface area (Å²) >= 11 is 0. The van der Waals surface area contributed by atoms with E-state index in [1.54, 1.807) is 7.11 Å². The van der Waals surface area contributed by atoms with E-state index in [0.717, 1.165) is 18.0 Å². The predicted octanol–water partition coefficient (Wildman–Crippen LogP) is 1.59. The summed E-state index contributed by atoms with van der Waals surface area (Å²) < 4.78 is 12.8. The highest BCUT2D eigenvalue weighted by molar-refractivity contribution is 5.31. The van der Waals surface area contributed by atoms with Gasteiger partial charge >= 0.3 is 0 Å². The highest BCUT2D eigenvalue weighted by Crippen LogP contribution is 2.32. The lowest BCUT2D eigenvalue weighted by Crippen LogP contribution is -2.32. The Morgan fingerprint density at radius 2 is 2.27 bits per heavy atom. The van der Waals surface area contributed by atoms with Crippen molar-refractivity contribution >= 4 is 0 Å². The first-order valence-corrected chi connectivity index (χ1v) is 5.24. The quantitative estimate of drug-likeness (QED) is 0.706. The summed E-state index contributed by atoms with van der Waals surface area (Å²) in [5, 5.41) is 4.33. The summed E-state index contributed by atoms with van der Waals surface area (Å²) in [6.45, 7) is 7.89. The van der Waals surface area contributed by atoms with E-state index in [1.165, 1.54) is 0 Å². The van der Waals surface area contributed by atoms with Gasteiger partial charge in [0.25, 0.3) is 0 Å². The van der Waals surface area contributed by atoms with Crippen molar-refractivity contribution in [3.8, 4) is 5.88 Å². The van der Waals surface area contributed by atoms with Gasteiger partial charge in [0.1, 0.15) is 12.7 Å². The minimum absolute atomic E-state index is 0.0769. The average molecular weight is 210 g/mol. The monoisotopic (exact) mass is 210 g/mol. The maximum atomic E-state index is 5.70. The molecular formula is C11H18N2O2. The van der Waals surface area contributed by atoms with Crippen LogP contribution in [0.15, 0.2) is 6.20 Å². The molecule has 0 N–H and O–H groups in total. The van der Waals surface area contributed by atoms with Gasteiger partial charge < -0.3 is 9.47 Å². The number of nitrogens with zero attached hydrogens (tertiary/aromatic N) is 2. The number of ether oxygens (including phenoxy) is 2. The largest absolute Gasteiger partial charge is 0.475 e. The van der Waals surface area contributed by atoms with E-state index in [2.05, 4.69) is 25.9 Å². The molecular weight excluding hydrogens is 192 g/mol. The normalized spacial score (nSPS) is 20.9. The Labute approximate surface area is 90.2 Å². The molecule has 4 heteroatoms. The second-order valence-corrected chi connectivity index (χ2v) is 4.96. The van der Waals surface area contributed by atoms with Crippen LogP contribution in [0, 0.1) is 0 Å². The summed E-state index contributed by atoms with van der Waals surface area (Å²) in [6, 6.07) is 0. The van der Waals surface area contributed by atoms with Crippen molar-refractivity contribution in [2.45, 2.75) is 38.8 Å². The van der Waals surface area contributed by atoms with Gasteiger partial charge in [-0.05, 0) is 5.41 Å². The summed E-state index contributed by atoms with van der Waals surface area (Å²) in [6.07, 6.45) is 2.01. The molecule has 0 fully saturated rings.